The maximum Gasteiger partial charge on any atom is 0.410 e. The van der Waals surface area contributed by atoms with Crippen molar-refractivity contribution >= 4 is 6.09 Å². The molecule has 0 aromatic heterocycles. The lowest BCUT2D eigenvalue weighted by atomic mass is 10.2. The fourth-order valence-corrected chi connectivity index (χ4v) is 2.96. The minimum Gasteiger partial charge on any atom is -0.492 e. The van der Waals surface area contributed by atoms with Gasteiger partial charge in [-0.3, -0.25) is 4.90 Å². The molecule has 0 unspecified atom stereocenters. The highest BCUT2D eigenvalue weighted by atomic mass is 16.6. The molecule has 0 radical (unpaired) electrons. The molecular formula is C21H26N2O3. The van der Waals surface area contributed by atoms with E-state index in [4.69, 9.17) is 9.47 Å². The van der Waals surface area contributed by atoms with Gasteiger partial charge in [0.15, 0.2) is 0 Å². The van der Waals surface area contributed by atoms with Crippen LogP contribution in [0.3, 0.4) is 0 Å². The lowest BCUT2D eigenvalue weighted by molar-refractivity contribution is 0.0684. The molecule has 138 valence electrons. The van der Waals surface area contributed by atoms with Crippen LogP contribution in [0, 0.1) is 6.92 Å². The Bertz CT molecular complexity index is 697. The zero-order chi connectivity index (χ0) is 18.2. The van der Waals surface area contributed by atoms with Crippen LogP contribution in [0.4, 0.5) is 4.79 Å². The van der Waals surface area contributed by atoms with E-state index in [1.54, 1.807) is 4.90 Å². The molecule has 0 saturated carbocycles. The Hall–Kier alpha value is -2.53. The van der Waals surface area contributed by atoms with Crippen LogP contribution in [0.25, 0.3) is 0 Å². The van der Waals surface area contributed by atoms with Gasteiger partial charge in [-0.15, -0.1) is 0 Å². The van der Waals surface area contributed by atoms with E-state index in [1.807, 2.05) is 48.5 Å². The smallest absolute Gasteiger partial charge is 0.410 e. The van der Waals surface area contributed by atoms with Gasteiger partial charge < -0.3 is 14.4 Å². The van der Waals surface area contributed by atoms with Gasteiger partial charge in [-0.05, 0) is 30.2 Å². The van der Waals surface area contributed by atoms with Gasteiger partial charge in [-0.2, -0.15) is 0 Å². The standard InChI is InChI=1S/C21H26N2O3/c1-18-6-5-9-20(16-18)25-15-14-22-10-12-23(13-11-22)21(24)26-17-19-7-3-2-4-8-19/h2-9,16H,10-15,17H2,1H3. The molecule has 0 aliphatic carbocycles. The molecule has 0 N–H and O–H groups in total. The van der Waals surface area contributed by atoms with Crippen LogP contribution < -0.4 is 4.74 Å². The van der Waals surface area contributed by atoms with E-state index in [-0.39, 0.29) is 6.09 Å². The number of aryl methyl sites for hydroxylation is 1. The molecular weight excluding hydrogens is 328 g/mol. The first-order valence-electron chi connectivity index (χ1n) is 9.08. The molecule has 0 spiro atoms. The number of hydrogen-bond acceptors (Lipinski definition) is 4. The van der Waals surface area contributed by atoms with Gasteiger partial charge in [0.25, 0.3) is 0 Å². The molecule has 5 nitrogen and oxygen atoms in total. The summed E-state index contributed by atoms with van der Waals surface area (Å²) in [6.07, 6.45) is -0.232. The van der Waals surface area contributed by atoms with Crippen molar-refractivity contribution in [3.8, 4) is 5.75 Å². The fraction of sp³-hybridized carbons (Fsp3) is 0.381. The maximum absolute atomic E-state index is 12.2. The lowest BCUT2D eigenvalue weighted by Gasteiger charge is -2.33. The SMILES string of the molecule is Cc1cccc(OCCN2CCN(C(=O)OCc3ccccc3)CC2)c1. The third kappa shape index (κ3) is 5.49. The summed E-state index contributed by atoms with van der Waals surface area (Å²) in [7, 11) is 0. The second-order valence-corrected chi connectivity index (χ2v) is 6.53. The number of hydrogen-bond donors (Lipinski definition) is 0. The maximum atomic E-state index is 12.2. The Labute approximate surface area is 155 Å². The number of nitrogens with zero attached hydrogens (tertiary/aromatic N) is 2. The fourth-order valence-electron chi connectivity index (χ4n) is 2.96. The number of piperazine rings is 1. The largest absolute Gasteiger partial charge is 0.492 e. The van der Waals surface area contributed by atoms with E-state index in [1.165, 1.54) is 5.56 Å². The van der Waals surface area contributed by atoms with Gasteiger partial charge in [0, 0.05) is 32.7 Å². The summed E-state index contributed by atoms with van der Waals surface area (Å²) < 4.78 is 11.2. The molecule has 1 aliphatic rings. The van der Waals surface area contributed by atoms with Crippen LogP contribution in [0.2, 0.25) is 0 Å². The molecule has 26 heavy (non-hydrogen) atoms. The summed E-state index contributed by atoms with van der Waals surface area (Å²) in [5.41, 5.74) is 2.21. The van der Waals surface area contributed by atoms with E-state index in [2.05, 4.69) is 17.9 Å². The van der Waals surface area contributed by atoms with Gasteiger partial charge >= 0.3 is 6.09 Å². The topological polar surface area (TPSA) is 42.0 Å². The molecule has 1 saturated heterocycles. The van der Waals surface area contributed by atoms with Crippen LogP contribution in [0.1, 0.15) is 11.1 Å². The molecule has 5 heteroatoms. The van der Waals surface area contributed by atoms with Crippen molar-refractivity contribution in [2.24, 2.45) is 0 Å². The average Bonchev–Trinajstić information content (AvgIpc) is 2.67. The number of carbonyl (C=O) groups excluding carboxylic acids is 1. The minimum absolute atomic E-state index is 0.232. The van der Waals surface area contributed by atoms with Crippen molar-refractivity contribution in [2.75, 3.05) is 39.3 Å². The van der Waals surface area contributed by atoms with Gasteiger partial charge in [-0.25, -0.2) is 4.79 Å². The Kier molecular flexibility index (Phi) is 6.50. The Balaban J connectivity index is 1.34. The second kappa shape index (κ2) is 9.25. The van der Waals surface area contributed by atoms with E-state index < -0.39 is 0 Å². The molecule has 1 aliphatic heterocycles. The van der Waals surface area contributed by atoms with Crippen LogP contribution in [-0.4, -0.2) is 55.2 Å². The zero-order valence-corrected chi connectivity index (χ0v) is 15.3. The number of benzene rings is 2. The van der Waals surface area contributed by atoms with Crippen LogP contribution in [0.5, 0.6) is 5.75 Å². The Morgan fingerprint density at radius 2 is 1.77 bits per heavy atom. The number of ether oxygens (including phenoxy) is 2. The molecule has 0 bridgehead atoms. The van der Waals surface area contributed by atoms with Crippen LogP contribution in [0.15, 0.2) is 54.6 Å². The van der Waals surface area contributed by atoms with Gasteiger partial charge in [0.2, 0.25) is 0 Å². The summed E-state index contributed by atoms with van der Waals surface area (Å²) in [6.45, 7) is 6.97. The molecule has 2 aromatic rings. The quantitative estimate of drug-likeness (QED) is 0.798. The van der Waals surface area contributed by atoms with E-state index >= 15 is 0 Å². The highest BCUT2D eigenvalue weighted by Crippen LogP contribution is 2.12. The van der Waals surface area contributed by atoms with Crippen LogP contribution in [-0.2, 0) is 11.3 Å². The number of rotatable bonds is 6. The average molecular weight is 354 g/mol. The van der Waals surface area contributed by atoms with Crippen molar-refractivity contribution in [2.45, 2.75) is 13.5 Å². The summed E-state index contributed by atoms with van der Waals surface area (Å²) >= 11 is 0. The lowest BCUT2D eigenvalue weighted by Crippen LogP contribution is -2.49. The summed E-state index contributed by atoms with van der Waals surface area (Å²) in [4.78, 5) is 16.3. The second-order valence-electron chi connectivity index (χ2n) is 6.53. The molecule has 1 amide bonds. The minimum atomic E-state index is -0.232. The molecule has 2 aromatic carbocycles. The van der Waals surface area contributed by atoms with Crippen LogP contribution >= 0.6 is 0 Å². The van der Waals surface area contributed by atoms with Crippen molar-refractivity contribution in [1.29, 1.82) is 0 Å². The predicted molar refractivity (Wildman–Crippen MR) is 101 cm³/mol. The van der Waals surface area contributed by atoms with Crippen molar-refractivity contribution < 1.29 is 14.3 Å². The van der Waals surface area contributed by atoms with E-state index in [9.17, 15) is 4.79 Å². The first-order valence-corrected chi connectivity index (χ1v) is 9.08. The highest BCUT2D eigenvalue weighted by Gasteiger charge is 2.22. The third-order valence-electron chi connectivity index (χ3n) is 4.50. The zero-order valence-electron chi connectivity index (χ0n) is 15.3. The number of amides is 1. The van der Waals surface area contributed by atoms with Gasteiger partial charge in [-0.1, -0.05) is 42.5 Å². The molecule has 1 heterocycles. The summed E-state index contributed by atoms with van der Waals surface area (Å²) in [5, 5.41) is 0. The van der Waals surface area contributed by atoms with Crippen molar-refractivity contribution in [1.82, 2.24) is 9.80 Å². The molecule has 1 fully saturated rings. The summed E-state index contributed by atoms with van der Waals surface area (Å²) in [6, 6.07) is 17.8. The highest BCUT2D eigenvalue weighted by molar-refractivity contribution is 5.67. The van der Waals surface area contributed by atoms with Crippen molar-refractivity contribution in [3.05, 3.63) is 65.7 Å². The first-order chi connectivity index (χ1) is 12.7. The first kappa shape index (κ1) is 18.3. The monoisotopic (exact) mass is 354 g/mol. The van der Waals surface area contributed by atoms with Gasteiger partial charge in [0.05, 0.1) is 0 Å². The Morgan fingerprint density at radius 1 is 1.00 bits per heavy atom. The van der Waals surface area contributed by atoms with Crippen molar-refractivity contribution in [3.63, 3.8) is 0 Å². The van der Waals surface area contributed by atoms with Gasteiger partial charge in [0.1, 0.15) is 19.0 Å². The Morgan fingerprint density at radius 3 is 2.50 bits per heavy atom. The van der Waals surface area contributed by atoms with E-state index in [0.29, 0.717) is 26.3 Å². The molecule has 0 atom stereocenters. The summed E-state index contributed by atoms with van der Waals surface area (Å²) in [5.74, 6) is 0.910. The predicted octanol–water partition coefficient (Wildman–Crippen LogP) is 3.33. The normalized spacial score (nSPS) is 14.9. The number of carbonyl (C=O) groups is 1. The molecule has 3 rings (SSSR count). The third-order valence-corrected chi connectivity index (χ3v) is 4.50. The van der Waals surface area contributed by atoms with E-state index in [0.717, 1.165) is 30.9 Å².